The number of ether oxygens (including phenoxy) is 3. The van der Waals surface area contributed by atoms with Crippen LogP contribution in [0.15, 0.2) is 0 Å². The Hall–Kier alpha value is 0.360. The molecule has 0 heterocycles. The number of hydrogen-bond acceptors (Lipinski definition) is 3. The van der Waals surface area contributed by atoms with Crippen molar-refractivity contribution in [3.05, 3.63) is 0 Å². The molecule has 0 unspecified atom stereocenters. The van der Waals surface area contributed by atoms with Gasteiger partial charge in [-0.1, -0.05) is 36.7 Å². The quantitative estimate of drug-likeness (QED) is 0.488. The summed E-state index contributed by atoms with van der Waals surface area (Å²) in [6, 6.07) is 0. The van der Waals surface area contributed by atoms with Crippen LogP contribution >= 0.6 is 15.9 Å². The van der Waals surface area contributed by atoms with Crippen LogP contribution in [0, 0.1) is 11.3 Å². The fourth-order valence-electron chi connectivity index (χ4n) is 2.89. The number of halogens is 1. The first kappa shape index (κ1) is 18.4. The van der Waals surface area contributed by atoms with Gasteiger partial charge in [0.2, 0.25) is 0 Å². The van der Waals surface area contributed by atoms with Crippen LogP contribution in [0.4, 0.5) is 0 Å². The van der Waals surface area contributed by atoms with Gasteiger partial charge in [0, 0.05) is 12.4 Å². The molecule has 0 aromatic rings. The summed E-state index contributed by atoms with van der Waals surface area (Å²) in [6.45, 7) is 9.68. The Morgan fingerprint density at radius 2 is 1.65 bits per heavy atom. The predicted octanol–water partition coefficient (Wildman–Crippen LogP) is 4.04. The summed E-state index contributed by atoms with van der Waals surface area (Å²) in [5.74, 6) is 0.816. The summed E-state index contributed by atoms with van der Waals surface area (Å²) in [5, 5.41) is 0.926. The van der Waals surface area contributed by atoms with Gasteiger partial charge in [-0.3, -0.25) is 0 Å². The Morgan fingerprint density at radius 1 is 1.05 bits per heavy atom. The molecule has 1 aliphatic rings. The van der Waals surface area contributed by atoms with Gasteiger partial charge in [0.05, 0.1) is 32.0 Å². The Kier molecular flexibility index (Phi) is 8.02. The average molecular weight is 351 g/mol. The van der Waals surface area contributed by atoms with Crippen molar-refractivity contribution in [3.8, 4) is 0 Å². The molecule has 3 nitrogen and oxygen atoms in total. The third kappa shape index (κ3) is 6.00. The largest absolute Gasteiger partial charge is 0.382 e. The van der Waals surface area contributed by atoms with Crippen LogP contribution in [-0.2, 0) is 14.2 Å². The molecule has 0 atom stereocenters. The van der Waals surface area contributed by atoms with E-state index in [1.54, 1.807) is 7.11 Å². The van der Waals surface area contributed by atoms with E-state index < -0.39 is 0 Å². The molecule has 1 aliphatic carbocycles. The molecule has 4 heteroatoms. The van der Waals surface area contributed by atoms with Gasteiger partial charge in [-0.2, -0.15) is 0 Å². The molecule has 0 radical (unpaired) electrons. The molecule has 1 fully saturated rings. The highest BCUT2D eigenvalue weighted by Gasteiger charge is 2.38. The molecule has 1 rings (SSSR count). The maximum absolute atomic E-state index is 6.15. The number of methoxy groups -OCH3 is 1. The Morgan fingerprint density at radius 3 is 2.15 bits per heavy atom. The van der Waals surface area contributed by atoms with Gasteiger partial charge in [0.1, 0.15) is 0 Å². The molecule has 0 bridgehead atoms. The van der Waals surface area contributed by atoms with E-state index in [2.05, 4.69) is 36.7 Å². The topological polar surface area (TPSA) is 27.7 Å². The van der Waals surface area contributed by atoms with E-state index in [9.17, 15) is 0 Å². The molecular weight excluding hydrogens is 320 g/mol. The Bertz CT molecular complexity index is 255. The lowest BCUT2D eigenvalue weighted by Crippen LogP contribution is -2.42. The predicted molar refractivity (Wildman–Crippen MR) is 86.6 cm³/mol. The lowest BCUT2D eigenvalue weighted by atomic mass is 9.69. The summed E-state index contributed by atoms with van der Waals surface area (Å²) in [6.07, 6.45) is 4.83. The zero-order valence-electron chi connectivity index (χ0n) is 13.5. The van der Waals surface area contributed by atoms with E-state index in [4.69, 9.17) is 14.2 Å². The van der Waals surface area contributed by atoms with Gasteiger partial charge < -0.3 is 14.2 Å². The molecule has 0 aromatic carbocycles. The van der Waals surface area contributed by atoms with Gasteiger partial charge in [-0.05, 0) is 37.0 Å². The standard InChI is InChI=1S/C16H31BrO3/c1-15(2,3)14-5-7-16(13-17,8-6-14)20-12-11-19-10-9-18-4/h14H,5-13H2,1-4H3. The third-order valence-electron chi connectivity index (χ3n) is 4.43. The van der Waals surface area contributed by atoms with E-state index in [1.807, 2.05) is 0 Å². The molecule has 1 saturated carbocycles. The van der Waals surface area contributed by atoms with Crippen molar-refractivity contribution in [2.75, 3.05) is 38.9 Å². The van der Waals surface area contributed by atoms with Gasteiger partial charge in [-0.15, -0.1) is 0 Å². The Labute approximate surface area is 132 Å². The number of alkyl halides is 1. The van der Waals surface area contributed by atoms with E-state index in [0.717, 1.165) is 24.1 Å². The SMILES string of the molecule is COCCOCCOC1(CBr)CCC(C(C)(C)C)CC1. The van der Waals surface area contributed by atoms with Gasteiger partial charge in [0.25, 0.3) is 0 Å². The summed E-state index contributed by atoms with van der Waals surface area (Å²) in [4.78, 5) is 0. The van der Waals surface area contributed by atoms with E-state index >= 15 is 0 Å². The molecule has 0 spiro atoms. The first-order chi connectivity index (χ1) is 9.43. The van der Waals surface area contributed by atoms with Crippen LogP contribution in [0.3, 0.4) is 0 Å². The van der Waals surface area contributed by atoms with E-state index in [-0.39, 0.29) is 5.60 Å². The highest BCUT2D eigenvalue weighted by molar-refractivity contribution is 9.09. The normalized spacial score (nSPS) is 27.8. The van der Waals surface area contributed by atoms with Crippen molar-refractivity contribution >= 4 is 15.9 Å². The van der Waals surface area contributed by atoms with Crippen LogP contribution in [0.25, 0.3) is 0 Å². The molecule has 0 saturated heterocycles. The van der Waals surface area contributed by atoms with Gasteiger partial charge >= 0.3 is 0 Å². The van der Waals surface area contributed by atoms with Gasteiger partial charge in [0.15, 0.2) is 0 Å². The molecule has 20 heavy (non-hydrogen) atoms. The van der Waals surface area contributed by atoms with Crippen molar-refractivity contribution in [2.45, 2.75) is 52.1 Å². The second-order valence-electron chi connectivity index (χ2n) is 6.91. The van der Waals surface area contributed by atoms with Crippen molar-refractivity contribution in [2.24, 2.45) is 11.3 Å². The molecule has 0 aliphatic heterocycles. The van der Waals surface area contributed by atoms with Crippen molar-refractivity contribution in [1.29, 1.82) is 0 Å². The zero-order valence-corrected chi connectivity index (χ0v) is 15.1. The highest BCUT2D eigenvalue weighted by Crippen LogP contribution is 2.43. The van der Waals surface area contributed by atoms with Crippen molar-refractivity contribution < 1.29 is 14.2 Å². The summed E-state index contributed by atoms with van der Waals surface area (Å²) in [7, 11) is 1.69. The van der Waals surface area contributed by atoms with Gasteiger partial charge in [-0.25, -0.2) is 0 Å². The van der Waals surface area contributed by atoms with E-state index in [0.29, 0.717) is 31.8 Å². The molecule has 0 aromatic heterocycles. The van der Waals surface area contributed by atoms with Crippen molar-refractivity contribution in [3.63, 3.8) is 0 Å². The minimum absolute atomic E-state index is 0.0202. The first-order valence-electron chi connectivity index (χ1n) is 7.70. The van der Waals surface area contributed by atoms with Crippen LogP contribution < -0.4 is 0 Å². The molecular formula is C16H31BrO3. The summed E-state index contributed by atoms with van der Waals surface area (Å²) >= 11 is 3.65. The monoisotopic (exact) mass is 350 g/mol. The lowest BCUT2D eigenvalue weighted by Gasteiger charge is -2.43. The lowest BCUT2D eigenvalue weighted by molar-refractivity contribution is -0.0875. The smallest absolute Gasteiger partial charge is 0.0780 e. The van der Waals surface area contributed by atoms with Crippen molar-refractivity contribution in [1.82, 2.24) is 0 Å². The second kappa shape index (κ2) is 8.72. The minimum atomic E-state index is 0.0202. The highest BCUT2D eigenvalue weighted by atomic mass is 79.9. The maximum Gasteiger partial charge on any atom is 0.0780 e. The fraction of sp³-hybridized carbons (Fsp3) is 1.00. The molecule has 120 valence electrons. The molecule has 0 N–H and O–H groups in total. The van der Waals surface area contributed by atoms with E-state index in [1.165, 1.54) is 12.8 Å². The number of rotatable bonds is 8. The number of hydrogen-bond donors (Lipinski definition) is 0. The minimum Gasteiger partial charge on any atom is -0.382 e. The Balaban J connectivity index is 2.28. The van der Waals surface area contributed by atoms with Crippen LogP contribution in [0.1, 0.15) is 46.5 Å². The molecule has 0 amide bonds. The maximum atomic E-state index is 6.15. The summed E-state index contributed by atoms with van der Waals surface area (Å²) in [5.41, 5.74) is 0.439. The van der Waals surface area contributed by atoms with Crippen LogP contribution in [0.2, 0.25) is 0 Å². The average Bonchev–Trinajstić information content (AvgIpc) is 2.42. The van der Waals surface area contributed by atoms with Crippen LogP contribution in [-0.4, -0.2) is 44.5 Å². The fourth-order valence-corrected chi connectivity index (χ4v) is 3.61. The third-order valence-corrected chi connectivity index (χ3v) is 5.45. The zero-order chi connectivity index (χ0) is 15.1. The second-order valence-corrected chi connectivity index (χ2v) is 7.47. The van der Waals surface area contributed by atoms with Crippen LogP contribution in [0.5, 0.6) is 0 Å². The summed E-state index contributed by atoms with van der Waals surface area (Å²) < 4.78 is 16.6. The first-order valence-corrected chi connectivity index (χ1v) is 8.82.